The zero-order chi connectivity index (χ0) is 14.1. The average Bonchev–Trinajstić information content (AvgIpc) is 3.17. The van der Waals surface area contributed by atoms with Gasteiger partial charge in [-0.05, 0) is 48.1 Å². The number of rotatable bonds is 3. The Balaban J connectivity index is 1.77. The highest BCUT2D eigenvalue weighted by molar-refractivity contribution is 7.07. The molecule has 2 aliphatic rings. The first kappa shape index (κ1) is 13.6. The Kier molecular flexibility index (Phi) is 3.78. The molecule has 0 spiro atoms. The fraction of sp³-hybridized carbons (Fsp3) is 0.600. The third kappa shape index (κ3) is 2.35. The van der Waals surface area contributed by atoms with Gasteiger partial charge in [-0.1, -0.05) is 6.42 Å². The number of amides is 1. The van der Waals surface area contributed by atoms with Gasteiger partial charge in [0.05, 0.1) is 17.9 Å². The van der Waals surface area contributed by atoms with Crippen LogP contribution in [-0.4, -0.2) is 28.4 Å². The normalized spacial score (nSPS) is 29.8. The summed E-state index contributed by atoms with van der Waals surface area (Å²) in [5.74, 6) is -1.55. The maximum atomic E-state index is 12.7. The van der Waals surface area contributed by atoms with Gasteiger partial charge in [0.25, 0.3) is 0 Å². The van der Waals surface area contributed by atoms with Crippen LogP contribution < -0.4 is 0 Å². The number of likely N-dealkylation sites (tertiary alicyclic amines) is 1. The second-order valence-corrected chi connectivity index (χ2v) is 6.51. The Bertz CT molecular complexity index is 499. The SMILES string of the molecule is O=C(O)[C@H]1CCC[C@H]1C(=O)N1CCCC1c1ccsc1. The third-order valence-corrected chi connectivity index (χ3v) is 5.32. The maximum absolute atomic E-state index is 12.7. The number of hydrogen-bond acceptors (Lipinski definition) is 3. The number of hydrogen-bond donors (Lipinski definition) is 1. The van der Waals surface area contributed by atoms with Crippen molar-refractivity contribution in [2.45, 2.75) is 38.1 Å². The van der Waals surface area contributed by atoms with Crippen LogP contribution in [-0.2, 0) is 9.59 Å². The second kappa shape index (κ2) is 5.56. The highest BCUT2D eigenvalue weighted by Gasteiger charge is 2.42. The van der Waals surface area contributed by atoms with Crippen LogP contribution in [0.3, 0.4) is 0 Å². The fourth-order valence-corrected chi connectivity index (χ4v) is 4.31. The number of carboxylic acids is 1. The van der Waals surface area contributed by atoms with Gasteiger partial charge in [0.15, 0.2) is 0 Å². The fourth-order valence-electron chi connectivity index (χ4n) is 3.61. The molecule has 1 aliphatic carbocycles. The zero-order valence-electron chi connectivity index (χ0n) is 11.3. The van der Waals surface area contributed by atoms with Gasteiger partial charge in [0.2, 0.25) is 5.91 Å². The minimum absolute atomic E-state index is 0.0589. The van der Waals surface area contributed by atoms with Crippen LogP contribution in [0.1, 0.15) is 43.7 Å². The zero-order valence-corrected chi connectivity index (χ0v) is 12.1. The molecular weight excluding hydrogens is 274 g/mol. The Morgan fingerprint density at radius 1 is 1.20 bits per heavy atom. The van der Waals surface area contributed by atoms with Gasteiger partial charge in [-0.2, -0.15) is 11.3 Å². The largest absolute Gasteiger partial charge is 0.481 e. The van der Waals surface area contributed by atoms with Crippen molar-refractivity contribution in [3.8, 4) is 0 Å². The minimum atomic E-state index is -0.813. The molecule has 1 aromatic heterocycles. The molecule has 108 valence electrons. The van der Waals surface area contributed by atoms with Gasteiger partial charge < -0.3 is 10.0 Å². The van der Waals surface area contributed by atoms with Crippen LogP contribution in [0.4, 0.5) is 0 Å². The molecule has 1 aliphatic heterocycles. The minimum Gasteiger partial charge on any atom is -0.481 e. The van der Waals surface area contributed by atoms with Crippen molar-refractivity contribution in [3.05, 3.63) is 22.4 Å². The number of thiophene rings is 1. The van der Waals surface area contributed by atoms with Crippen molar-refractivity contribution in [3.63, 3.8) is 0 Å². The lowest BCUT2D eigenvalue weighted by Crippen LogP contribution is -2.38. The van der Waals surface area contributed by atoms with Crippen molar-refractivity contribution >= 4 is 23.2 Å². The van der Waals surface area contributed by atoms with Gasteiger partial charge in [0, 0.05) is 6.54 Å². The first-order valence-corrected chi connectivity index (χ1v) is 8.18. The smallest absolute Gasteiger partial charge is 0.307 e. The Morgan fingerprint density at radius 3 is 2.70 bits per heavy atom. The van der Waals surface area contributed by atoms with E-state index in [1.165, 1.54) is 5.56 Å². The van der Waals surface area contributed by atoms with E-state index in [0.717, 1.165) is 32.2 Å². The highest BCUT2D eigenvalue weighted by Crippen LogP contribution is 2.39. The van der Waals surface area contributed by atoms with Crippen LogP contribution in [0.15, 0.2) is 16.8 Å². The first-order chi connectivity index (χ1) is 9.68. The summed E-state index contributed by atoms with van der Waals surface area (Å²) in [6.45, 7) is 0.766. The molecule has 2 heterocycles. The van der Waals surface area contributed by atoms with Gasteiger partial charge >= 0.3 is 5.97 Å². The summed E-state index contributed by atoms with van der Waals surface area (Å²) >= 11 is 1.65. The molecule has 1 saturated heterocycles. The van der Waals surface area contributed by atoms with E-state index in [-0.39, 0.29) is 17.9 Å². The standard InChI is InChI=1S/C15H19NO3S/c17-14(11-3-1-4-12(11)15(18)19)16-7-2-5-13(16)10-6-8-20-9-10/h6,8-9,11-13H,1-5,7H2,(H,18,19)/t11-,12+,13?/m1/s1. The van der Waals surface area contributed by atoms with Crippen molar-refractivity contribution < 1.29 is 14.7 Å². The van der Waals surface area contributed by atoms with Crippen molar-refractivity contribution in [1.29, 1.82) is 0 Å². The molecule has 1 unspecified atom stereocenters. The van der Waals surface area contributed by atoms with Crippen molar-refractivity contribution in [2.24, 2.45) is 11.8 Å². The summed E-state index contributed by atoms with van der Waals surface area (Å²) in [4.78, 5) is 25.9. The van der Waals surface area contributed by atoms with Crippen LogP contribution in [0.5, 0.6) is 0 Å². The van der Waals surface area contributed by atoms with Crippen LogP contribution in [0.25, 0.3) is 0 Å². The van der Waals surface area contributed by atoms with Crippen molar-refractivity contribution in [2.75, 3.05) is 6.54 Å². The van der Waals surface area contributed by atoms with Gasteiger partial charge in [0.1, 0.15) is 0 Å². The molecule has 1 aromatic rings. The van der Waals surface area contributed by atoms with Crippen LogP contribution in [0.2, 0.25) is 0 Å². The number of carbonyl (C=O) groups excluding carboxylic acids is 1. The monoisotopic (exact) mass is 293 g/mol. The van der Waals surface area contributed by atoms with E-state index < -0.39 is 11.9 Å². The Morgan fingerprint density at radius 2 is 2.00 bits per heavy atom. The number of aliphatic carboxylic acids is 1. The third-order valence-electron chi connectivity index (χ3n) is 4.61. The Hall–Kier alpha value is -1.36. The summed E-state index contributed by atoms with van der Waals surface area (Å²) in [5.41, 5.74) is 1.20. The van der Waals surface area contributed by atoms with E-state index in [9.17, 15) is 14.7 Å². The molecular formula is C15H19NO3S. The molecule has 4 nitrogen and oxygen atoms in total. The average molecular weight is 293 g/mol. The topological polar surface area (TPSA) is 57.6 Å². The predicted octanol–water partition coefficient (Wildman–Crippen LogP) is 2.91. The number of nitrogens with zero attached hydrogens (tertiary/aromatic N) is 1. The van der Waals surface area contributed by atoms with E-state index in [1.807, 2.05) is 10.3 Å². The van der Waals surface area contributed by atoms with E-state index >= 15 is 0 Å². The molecule has 0 bridgehead atoms. The lowest BCUT2D eigenvalue weighted by atomic mass is 9.94. The van der Waals surface area contributed by atoms with Crippen LogP contribution in [0, 0.1) is 11.8 Å². The van der Waals surface area contributed by atoms with Gasteiger partial charge in [-0.25, -0.2) is 0 Å². The molecule has 0 radical (unpaired) electrons. The van der Waals surface area contributed by atoms with Crippen molar-refractivity contribution in [1.82, 2.24) is 4.90 Å². The highest BCUT2D eigenvalue weighted by atomic mass is 32.1. The molecule has 1 saturated carbocycles. The van der Waals surface area contributed by atoms with Gasteiger partial charge in [-0.3, -0.25) is 9.59 Å². The molecule has 0 aromatic carbocycles. The maximum Gasteiger partial charge on any atom is 0.307 e. The lowest BCUT2D eigenvalue weighted by Gasteiger charge is -2.28. The van der Waals surface area contributed by atoms with E-state index in [0.29, 0.717) is 6.42 Å². The van der Waals surface area contributed by atoms with Gasteiger partial charge in [-0.15, -0.1) is 0 Å². The summed E-state index contributed by atoms with van der Waals surface area (Å²) in [5, 5.41) is 13.4. The van der Waals surface area contributed by atoms with E-state index in [1.54, 1.807) is 11.3 Å². The Labute approximate surface area is 122 Å². The molecule has 3 atom stereocenters. The molecule has 5 heteroatoms. The predicted molar refractivity (Wildman–Crippen MR) is 76.5 cm³/mol. The molecule has 2 fully saturated rings. The summed E-state index contributed by atoms with van der Waals surface area (Å²) in [7, 11) is 0. The molecule has 3 rings (SSSR count). The lowest BCUT2D eigenvalue weighted by molar-refractivity contribution is -0.149. The molecule has 1 N–H and O–H groups in total. The quantitative estimate of drug-likeness (QED) is 0.932. The first-order valence-electron chi connectivity index (χ1n) is 7.24. The summed E-state index contributed by atoms with van der Waals surface area (Å²) < 4.78 is 0. The summed E-state index contributed by atoms with van der Waals surface area (Å²) in [6.07, 6.45) is 4.22. The second-order valence-electron chi connectivity index (χ2n) is 5.73. The summed E-state index contributed by atoms with van der Waals surface area (Å²) in [6, 6.07) is 2.23. The molecule has 20 heavy (non-hydrogen) atoms. The number of carboxylic acid groups (broad SMARTS) is 1. The van der Waals surface area contributed by atoms with E-state index in [2.05, 4.69) is 11.4 Å². The van der Waals surface area contributed by atoms with E-state index in [4.69, 9.17) is 0 Å². The number of carbonyl (C=O) groups is 2. The molecule has 1 amide bonds. The van der Waals surface area contributed by atoms with Crippen LogP contribution >= 0.6 is 11.3 Å².